The average molecular weight is 363 g/mol. The van der Waals surface area contributed by atoms with Gasteiger partial charge in [-0.1, -0.05) is 6.07 Å². The molecule has 1 atom stereocenters. The fourth-order valence-corrected chi connectivity index (χ4v) is 3.35. The molecule has 3 amide bonds. The van der Waals surface area contributed by atoms with E-state index >= 15 is 0 Å². The van der Waals surface area contributed by atoms with Crippen LogP contribution in [0.2, 0.25) is 0 Å². The van der Waals surface area contributed by atoms with E-state index in [1.54, 1.807) is 28.9 Å². The van der Waals surface area contributed by atoms with Crippen molar-refractivity contribution < 1.29 is 23.5 Å². The van der Waals surface area contributed by atoms with Crippen molar-refractivity contribution in [1.29, 1.82) is 0 Å². The van der Waals surface area contributed by atoms with Crippen molar-refractivity contribution in [2.75, 3.05) is 44.2 Å². The average Bonchev–Trinajstić information content (AvgIpc) is 3.03. The molecule has 0 aromatic heterocycles. The Kier molecular flexibility index (Phi) is 5.39. The fourth-order valence-electron chi connectivity index (χ4n) is 3.35. The number of hydrogen-bond acceptors (Lipinski definition) is 4. The van der Waals surface area contributed by atoms with Crippen LogP contribution in [0.1, 0.15) is 13.3 Å². The van der Waals surface area contributed by atoms with Gasteiger partial charge in [-0.25, -0.2) is 9.18 Å². The number of amides is 3. The van der Waals surface area contributed by atoms with E-state index in [4.69, 9.17) is 4.74 Å². The highest BCUT2D eigenvalue weighted by Crippen LogP contribution is 2.27. The Morgan fingerprint density at radius 2 is 1.88 bits per heavy atom. The van der Waals surface area contributed by atoms with E-state index in [0.29, 0.717) is 38.5 Å². The number of carbonyl (C=O) groups is 3. The van der Waals surface area contributed by atoms with E-state index < -0.39 is 11.7 Å². The first-order valence-electron chi connectivity index (χ1n) is 8.76. The Morgan fingerprint density at radius 1 is 1.19 bits per heavy atom. The van der Waals surface area contributed by atoms with Crippen molar-refractivity contribution in [3.8, 4) is 0 Å². The monoisotopic (exact) mass is 363 g/mol. The highest BCUT2D eigenvalue weighted by atomic mass is 19.1. The topological polar surface area (TPSA) is 70.2 Å². The van der Waals surface area contributed by atoms with Gasteiger partial charge in [0.15, 0.2) is 0 Å². The molecule has 1 aromatic carbocycles. The predicted octanol–water partition coefficient (Wildman–Crippen LogP) is 1.48. The van der Waals surface area contributed by atoms with E-state index in [0.717, 1.165) is 0 Å². The van der Waals surface area contributed by atoms with Gasteiger partial charge < -0.3 is 19.4 Å². The number of anilines is 1. The number of hydrogen-bond donors (Lipinski definition) is 0. The first-order valence-corrected chi connectivity index (χ1v) is 8.76. The summed E-state index contributed by atoms with van der Waals surface area (Å²) >= 11 is 0. The molecule has 140 valence electrons. The van der Waals surface area contributed by atoms with Crippen LogP contribution in [0.15, 0.2) is 24.3 Å². The lowest BCUT2D eigenvalue weighted by Crippen LogP contribution is -2.52. The van der Waals surface area contributed by atoms with Crippen LogP contribution in [0.5, 0.6) is 0 Å². The minimum Gasteiger partial charge on any atom is -0.450 e. The first kappa shape index (κ1) is 18.2. The molecule has 0 spiro atoms. The summed E-state index contributed by atoms with van der Waals surface area (Å²) in [6.45, 7) is 3.98. The summed E-state index contributed by atoms with van der Waals surface area (Å²) in [6.07, 6.45) is -0.249. The molecule has 7 nitrogen and oxygen atoms in total. The maximum Gasteiger partial charge on any atom is 0.409 e. The molecule has 0 saturated carbocycles. The van der Waals surface area contributed by atoms with Crippen LogP contribution in [-0.4, -0.2) is 67.0 Å². The van der Waals surface area contributed by atoms with E-state index in [2.05, 4.69) is 0 Å². The molecule has 0 N–H and O–H groups in total. The molecule has 2 saturated heterocycles. The number of carbonyl (C=O) groups excluding carboxylic acids is 3. The standard InChI is InChI=1S/C18H22FN3O4/c1-2-26-18(25)21-8-6-20(7-9-21)17(24)13-10-16(23)22(12-13)15-5-3-4-14(19)11-15/h3-5,11,13H,2,6-10,12H2,1H3. The van der Waals surface area contributed by atoms with Crippen LogP contribution in [0, 0.1) is 11.7 Å². The lowest BCUT2D eigenvalue weighted by molar-refractivity contribution is -0.137. The maximum atomic E-state index is 13.4. The van der Waals surface area contributed by atoms with Gasteiger partial charge in [-0.05, 0) is 25.1 Å². The summed E-state index contributed by atoms with van der Waals surface area (Å²) in [5.74, 6) is -1.14. The molecule has 2 aliphatic rings. The zero-order valence-electron chi connectivity index (χ0n) is 14.7. The summed E-state index contributed by atoms with van der Waals surface area (Å²) in [5, 5.41) is 0. The van der Waals surface area contributed by atoms with Crippen LogP contribution < -0.4 is 4.90 Å². The van der Waals surface area contributed by atoms with Crippen molar-refractivity contribution in [3.63, 3.8) is 0 Å². The Morgan fingerprint density at radius 3 is 2.54 bits per heavy atom. The lowest BCUT2D eigenvalue weighted by atomic mass is 10.1. The number of ether oxygens (including phenoxy) is 1. The highest BCUT2D eigenvalue weighted by molar-refractivity contribution is 6.00. The number of benzene rings is 1. The molecular weight excluding hydrogens is 341 g/mol. The first-order chi connectivity index (χ1) is 12.5. The smallest absolute Gasteiger partial charge is 0.409 e. The van der Waals surface area contributed by atoms with Gasteiger partial charge in [0.2, 0.25) is 11.8 Å². The van der Waals surface area contributed by atoms with Crippen LogP contribution in [-0.2, 0) is 14.3 Å². The SMILES string of the molecule is CCOC(=O)N1CCN(C(=O)C2CC(=O)N(c3cccc(F)c3)C2)CC1. The fraction of sp³-hybridized carbons (Fsp3) is 0.500. The third-order valence-corrected chi connectivity index (χ3v) is 4.71. The van der Waals surface area contributed by atoms with Gasteiger partial charge in [0.25, 0.3) is 0 Å². The maximum absolute atomic E-state index is 13.4. The number of nitrogens with zero attached hydrogens (tertiary/aromatic N) is 3. The minimum atomic E-state index is -0.445. The zero-order valence-corrected chi connectivity index (χ0v) is 14.7. The van der Waals surface area contributed by atoms with Crippen LogP contribution in [0.3, 0.4) is 0 Å². The summed E-state index contributed by atoms with van der Waals surface area (Å²) < 4.78 is 18.4. The van der Waals surface area contributed by atoms with Gasteiger partial charge in [0, 0.05) is 44.8 Å². The molecule has 0 radical (unpaired) electrons. The van der Waals surface area contributed by atoms with Gasteiger partial charge in [-0.15, -0.1) is 0 Å². The second kappa shape index (κ2) is 7.72. The quantitative estimate of drug-likeness (QED) is 0.816. The molecule has 8 heteroatoms. The largest absolute Gasteiger partial charge is 0.450 e. The molecular formula is C18H22FN3O4. The Labute approximate surface area is 151 Å². The molecule has 1 aromatic rings. The molecule has 0 aliphatic carbocycles. The molecule has 2 fully saturated rings. The Bertz CT molecular complexity index is 703. The second-order valence-corrected chi connectivity index (χ2v) is 6.40. The van der Waals surface area contributed by atoms with Crippen LogP contribution in [0.4, 0.5) is 14.9 Å². The number of rotatable bonds is 3. The molecule has 2 heterocycles. The number of halogens is 1. The van der Waals surface area contributed by atoms with E-state index in [-0.39, 0.29) is 30.9 Å². The Hall–Kier alpha value is -2.64. The second-order valence-electron chi connectivity index (χ2n) is 6.40. The number of piperazine rings is 1. The van der Waals surface area contributed by atoms with Crippen LogP contribution >= 0.6 is 0 Å². The van der Waals surface area contributed by atoms with Crippen LogP contribution in [0.25, 0.3) is 0 Å². The summed E-state index contributed by atoms with van der Waals surface area (Å²) in [5.41, 5.74) is 0.470. The summed E-state index contributed by atoms with van der Waals surface area (Å²) in [7, 11) is 0. The van der Waals surface area contributed by atoms with E-state index in [1.165, 1.54) is 17.0 Å². The summed E-state index contributed by atoms with van der Waals surface area (Å²) in [6, 6.07) is 5.81. The van der Waals surface area contributed by atoms with Gasteiger partial charge in [-0.2, -0.15) is 0 Å². The molecule has 0 bridgehead atoms. The summed E-state index contributed by atoms with van der Waals surface area (Å²) in [4.78, 5) is 41.4. The predicted molar refractivity (Wildman–Crippen MR) is 92.0 cm³/mol. The molecule has 26 heavy (non-hydrogen) atoms. The van der Waals surface area contributed by atoms with Crippen molar-refractivity contribution >= 4 is 23.6 Å². The van der Waals surface area contributed by atoms with Crippen molar-refractivity contribution in [1.82, 2.24) is 9.80 Å². The van der Waals surface area contributed by atoms with E-state index in [9.17, 15) is 18.8 Å². The molecule has 1 unspecified atom stereocenters. The third-order valence-electron chi connectivity index (χ3n) is 4.71. The van der Waals surface area contributed by atoms with Gasteiger partial charge in [0.1, 0.15) is 5.82 Å². The Balaban J connectivity index is 1.58. The minimum absolute atomic E-state index is 0.0965. The lowest BCUT2D eigenvalue weighted by Gasteiger charge is -2.35. The van der Waals surface area contributed by atoms with Crippen molar-refractivity contribution in [2.24, 2.45) is 5.92 Å². The zero-order chi connectivity index (χ0) is 18.7. The van der Waals surface area contributed by atoms with Gasteiger partial charge >= 0.3 is 6.09 Å². The van der Waals surface area contributed by atoms with Crippen molar-refractivity contribution in [2.45, 2.75) is 13.3 Å². The van der Waals surface area contributed by atoms with Gasteiger partial charge in [0.05, 0.1) is 12.5 Å². The van der Waals surface area contributed by atoms with E-state index in [1.807, 2.05) is 0 Å². The van der Waals surface area contributed by atoms with Gasteiger partial charge in [-0.3, -0.25) is 9.59 Å². The third kappa shape index (κ3) is 3.79. The van der Waals surface area contributed by atoms with Crippen molar-refractivity contribution in [3.05, 3.63) is 30.1 Å². The molecule has 2 aliphatic heterocycles. The normalized spacial score (nSPS) is 20.5. The highest BCUT2D eigenvalue weighted by Gasteiger charge is 2.38. The molecule has 3 rings (SSSR count).